The molecule has 1 saturated heterocycles. The molecule has 2 aliphatic rings. The molecule has 1 heterocycles. The van der Waals surface area contributed by atoms with Crippen LogP contribution >= 0.6 is 0 Å². The molecule has 2 fully saturated rings. The van der Waals surface area contributed by atoms with Crippen molar-refractivity contribution in [1.82, 2.24) is 10.2 Å². The lowest BCUT2D eigenvalue weighted by molar-refractivity contribution is -0.142. The Balaban J connectivity index is 1.84. The van der Waals surface area contributed by atoms with Gasteiger partial charge in [0.1, 0.15) is 0 Å². The molecule has 2 amide bonds. The molecule has 0 spiro atoms. The molecule has 21 heavy (non-hydrogen) atoms. The number of hydrogen-bond donors (Lipinski definition) is 2. The first-order chi connectivity index (χ1) is 10.1. The van der Waals surface area contributed by atoms with Gasteiger partial charge in [-0.05, 0) is 38.0 Å². The van der Waals surface area contributed by atoms with Crippen LogP contribution < -0.4 is 5.32 Å². The largest absolute Gasteiger partial charge is 0.481 e. The maximum atomic E-state index is 12.4. The second kappa shape index (κ2) is 7.66. The number of carbonyl (C=O) groups excluding carboxylic acids is 1. The first kappa shape index (κ1) is 16.1. The van der Waals surface area contributed by atoms with E-state index in [2.05, 4.69) is 12.2 Å². The third-order valence-electron chi connectivity index (χ3n) is 4.97. The van der Waals surface area contributed by atoms with Gasteiger partial charge in [0.05, 0.1) is 5.92 Å². The van der Waals surface area contributed by atoms with Crippen molar-refractivity contribution in [2.24, 2.45) is 11.8 Å². The molecule has 120 valence electrons. The minimum Gasteiger partial charge on any atom is -0.481 e. The van der Waals surface area contributed by atoms with Crippen LogP contribution in [0.5, 0.6) is 0 Å². The number of amides is 2. The van der Waals surface area contributed by atoms with Crippen molar-refractivity contribution in [1.29, 1.82) is 0 Å². The number of carboxylic acid groups (broad SMARTS) is 1. The topological polar surface area (TPSA) is 69.6 Å². The van der Waals surface area contributed by atoms with Gasteiger partial charge < -0.3 is 15.3 Å². The monoisotopic (exact) mass is 296 g/mol. The van der Waals surface area contributed by atoms with Crippen LogP contribution in [-0.4, -0.2) is 41.1 Å². The van der Waals surface area contributed by atoms with Crippen molar-refractivity contribution in [3.8, 4) is 0 Å². The van der Waals surface area contributed by atoms with Gasteiger partial charge in [-0.3, -0.25) is 4.79 Å². The fraction of sp³-hybridized carbons (Fsp3) is 0.875. The summed E-state index contributed by atoms with van der Waals surface area (Å²) in [4.78, 5) is 25.4. The van der Waals surface area contributed by atoms with E-state index in [1.54, 1.807) is 0 Å². The van der Waals surface area contributed by atoms with E-state index in [9.17, 15) is 14.7 Å². The van der Waals surface area contributed by atoms with Crippen molar-refractivity contribution >= 4 is 12.0 Å². The van der Waals surface area contributed by atoms with Crippen LogP contribution in [0.15, 0.2) is 0 Å². The molecule has 0 aromatic heterocycles. The average molecular weight is 296 g/mol. The third kappa shape index (κ3) is 4.35. The van der Waals surface area contributed by atoms with Crippen LogP contribution in [0, 0.1) is 11.8 Å². The van der Waals surface area contributed by atoms with Crippen molar-refractivity contribution in [3.63, 3.8) is 0 Å². The summed E-state index contributed by atoms with van der Waals surface area (Å²) >= 11 is 0. The zero-order chi connectivity index (χ0) is 15.2. The van der Waals surface area contributed by atoms with E-state index >= 15 is 0 Å². The van der Waals surface area contributed by atoms with Crippen LogP contribution in [-0.2, 0) is 4.79 Å². The van der Waals surface area contributed by atoms with Crippen LogP contribution in [0.3, 0.4) is 0 Å². The maximum absolute atomic E-state index is 12.4. The Labute approximate surface area is 127 Å². The summed E-state index contributed by atoms with van der Waals surface area (Å²) in [6, 6.07) is -0.255. The van der Waals surface area contributed by atoms with Crippen LogP contribution in [0.2, 0.25) is 0 Å². The van der Waals surface area contributed by atoms with Gasteiger partial charge in [0.2, 0.25) is 0 Å². The Kier molecular flexibility index (Phi) is 5.88. The fourth-order valence-corrected chi connectivity index (χ4v) is 3.74. The maximum Gasteiger partial charge on any atom is 0.317 e. The van der Waals surface area contributed by atoms with Gasteiger partial charge in [-0.2, -0.15) is 0 Å². The molecular weight excluding hydrogens is 268 g/mol. The standard InChI is InChI=1S/C16H28N2O3/c1-2-5-12-6-4-10-18(11-9-12)16(21)17-14-8-3-7-13(14)15(19)20/h12-14H,2-11H2,1H3,(H,17,21)(H,19,20). The van der Waals surface area contributed by atoms with E-state index in [0.29, 0.717) is 6.42 Å². The lowest BCUT2D eigenvalue weighted by Gasteiger charge is -2.25. The number of hydrogen-bond acceptors (Lipinski definition) is 2. The predicted octanol–water partition coefficient (Wildman–Crippen LogP) is 2.85. The van der Waals surface area contributed by atoms with Crippen LogP contribution in [0.25, 0.3) is 0 Å². The number of rotatable bonds is 4. The summed E-state index contributed by atoms with van der Waals surface area (Å²) in [6.45, 7) is 3.82. The number of carboxylic acids is 1. The zero-order valence-corrected chi connectivity index (χ0v) is 13.0. The minimum atomic E-state index is -0.781. The molecular formula is C16H28N2O3. The number of aliphatic carboxylic acids is 1. The Hall–Kier alpha value is -1.26. The van der Waals surface area contributed by atoms with E-state index in [4.69, 9.17) is 0 Å². The highest BCUT2D eigenvalue weighted by atomic mass is 16.4. The van der Waals surface area contributed by atoms with Gasteiger partial charge in [0.25, 0.3) is 0 Å². The number of nitrogens with zero attached hydrogens (tertiary/aromatic N) is 1. The summed E-state index contributed by atoms with van der Waals surface area (Å²) in [5, 5.41) is 12.1. The van der Waals surface area contributed by atoms with Crippen molar-refractivity contribution in [3.05, 3.63) is 0 Å². The molecule has 3 atom stereocenters. The van der Waals surface area contributed by atoms with Gasteiger partial charge in [-0.25, -0.2) is 4.79 Å². The van der Waals surface area contributed by atoms with E-state index in [0.717, 1.165) is 44.7 Å². The van der Waals surface area contributed by atoms with Crippen molar-refractivity contribution in [2.45, 2.75) is 64.3 Å². The molecule has 0 aromatic carbocycles. The highest BCUT2D eigenvalue weighted by Gasteiger charge is 2.34. The molecule has 0 radical (unpaired) electrons. The molecule has 1 aliphatic heterocycles. The second-order valence-electron chi connectivity index (χ2n) is 6.50. The van der Waals surface area contributed by atoms with E-state index in [-0.39, 0.29) is 12.1 Å². The number of nitrogens with one attached hydrogen (secondary N) is 1. The van der Waals surface area contributed by atoms with Crippen LogP contribution in [0.4, 0.5) is 4.79 Å². The van der Waals surface area contributed by atoms with Crippen molar-refractivity contribution < 1.29 is 14.7 Å². The highest BCUT2D eigenvalue weighted by Crippen LogP contribution is 2.26. The molecule has 5 heteroatoms. The highest BCUT2D eigenvalue weighted by molar-refractivity contribution is 5.77. The second-order valence-corrected chi connectivity index (χ2v) is 6.50. The van der Waals surface area contributed by atoms with Gasteiger partial charge in [-0.1, -0.05) is 26.2 Å². The molecule has 2 rings (SSSR count). The molecule has 3 unspecified atom stereocenters. The normalized spacial score (nSPS) is 30.0. The number of urea groups is 1. The lowest BCUT2D eigenvalue weighted by Crippen LogP contribution is -2.47. The van der Waals surface area contributed by atoms with Crippen LogP contribution in [0.1, 0.15) is 58.3 Å². The summed E-state index contributed by atoms with van der Waals surface area (Å²) in [5.74, 6) is -0.448. The van der Waals surface area contributed by atoms with E-state index in [1.807, 2.05) is 4.90 Å². The Morgan fingerprint density at radius 1 is 1.14 bits per heavy atom. The lowest BCUT2D eigenvalue weighted by atomic mass is 9.96. The zero-order valence-electron chi connectivity index (χ0n) is 13.0. The van der Waals surface area contributed by atoms with E-state index < -0.39 is 11.9 Å². The fourth-order valence-electron chi connectivity index (χ4n) is 3.74. The van der Waals surface area contributed by atoms with E-state index in [1.165, 1.54) is 19.3 Å². The van der Waals surface area contributed by atoms with Gasteiger partial charge >= 0.3 is 12.0 Å². The molecule has 0 bridgehead atoms. The first-order valence-corrected chi connectivity index (χ1v) is 8.40. The summed E-state index contributed by atoms with van der Waals surface area (Å²) < 4.78 is 0. The Morgan fingerprint density at radius 2 is 1.95 bits per heavy atom. The number of carbonyl (C=O) groups is 2. The molecule has 1 aliphatic carbocycles. The smallest absolute Gasteiger partial charge is 0.317 e. The molecule has 1 saturated carbocycles. The van der Waals surface area contributed by atoms with Gasteiger partial charge in [0, 0.05) is 19.1 Å². The number of likely N-dealkylation sites (tertiary alicyclic amines) is 1. The third-order valence-corrected chi connectivity index (χ3v) is 4.97. The summed E-state index contributed by atoms with van der Waals surface area (Å²) in [7, 11) is 0. The quantitative estimate of drug-likeness (QED) is 0.838. The Bertz CT molecular complexity index is 373. The van der Waals surface area contributed by atoms with Gasteiger partial charge in [-0.15, -0.1) is 0 Å². The van der Waals surface area contributed by atoms with Gasteiger partial charge in [0.15, 0.2) is 0 Å². The first-order valence-electron chi connectivity index (χ1n) is 8.40. The Morgan fingerprint density at radius 3 is 2.67 bits per heavy atom. The predicted molar refractivity (Wildman–Crippen MR) is 81.1 cm³/mol. The molecule has 2 N–H and O–H groups in total. The summed E-state index contributed by atoms with van der Waals surface area (Å²) in [6.07, 6.45) is 8.16. The molecule has 5 nitrogen and oxygen atoms in total. The SMILES string of the molecule is CCCC1CCCN(C(=O)NC2CCCC2C(=O)O)CC1. The summed E-state index contributed by atoms with van der Waals surface area (Å²) in [5.41, 5.74) is 0. The minimum absolute atomic E-state index is 0.0645. The molecule has 0 aromatic rings. The van der Waals surface area contributed by atoms with Crippen molar-refractivity contribution in [2.75, 3.05) is 13.1 Å². The average Bonchev–Trinajstić information content (AvgIpc) is 2.77.